The van der Waals surface area contributed by atoms with Gasteiger partial charge in [0.25, 0.3) is 11.8 Å². The zero-order valence-electron chi connectivity index (χ0n) is 19.3. The second-order valence-electron chi connectivity index (χ2n) is 9.99. The number of aliphatic hydroxyl groups is 1. The van der Waals surface area contributed by atoms with Crippen LogP contribution in [-0.2, 0) is 12.0 Å². The molecule has 2 aromatic carbocycles. The Morgan fingerprint density at radius 1 is 0.935 bits per heavy atom. The van der Waals surface area contributed by atoms with Crippen molar-refractivity contribution in [1.82, 2.24) is 4.90 Å². The van der Waals surface area contributed by atoms with Crippen LogP contribution < -0.4 is 4.90 Å². The Bertz CT molecular complexity index is 1050. The van der Waals surface area contributed by atoms with Gasteiger partial charge in [-0.2, -0.15) is 0 Å². The molecule has 0 radical (unpaired) electrons. The van der Waals surface area contributed by atoms with Gasteiger partial charge in [-0.15, -0.1) is 0 Å². The average Bonchev–Trinajstić information content (AvgIpc) is 3.21. The van der Waals surface area contributed by atoms with Gasteiger partial charge in [0.1, 0.15) is 0 Å². The highest BCUT2D eigenvalue weighted by atomic mass is 16.3. The molecule has 1 N–H and O–H groups in total. The number of carbonyl (C=O) groups excluding carboxylic acids is 2. The van der Waals surface area contributed by atoms with E-state index in [0.29, 0.717) is 28.9 Å². The molecular formula is C26H32N2O3. The molecule has 0 bridgehead atoms. The fraction of sp³-hybridized carbons (Fsp3) is 0.462. The summed E-state index contributed by atoms with van der Waals surface area (Å²) >= 11 is 0. The molecule has 4 rings (SSSR count). The van der Waals surface area contributed by atoms with E-state index in [0.717, 1.165) is 18.4 Å². The van der Waals surface area contributed by atoms with E-state index in [1.54, 1.807) is 6.07 Å². The molecule has 31 heavy (non-hydrogen) atoms. The van der Waals surface area contributed by atoms with Crippen molar-refractivity contribution in [3.8, 4) is 0 Å². The Labute approximate surface area is 184 Å². The molecule has 2 amide bonds. The molecule has 0 spiro atoms. The number of benzene rings is 2. The van der Waals surface area contributed by atoms with E-state index in [1.807, 2.05) is 35.2 Å². The van der Waals surface area contributed by atoms with Gasteiger partial charge in [0.2, 0.25) is 0 Å². The van der Waals surface area contributed by atoms with Crippen molar-refractivity contribution in [3.63, 3.8) is 0 Å². The van der Waals surface area contributed by atoms with Crippen LogP contribution in [0.25, 0.3) is 0 Å². The van der Waals surface area contributed by atoms with Crippen LogP contribution >= 0.6 is 0 Å². The van der Waals surface area contributed by atoms with Crippen molar-refractivity contribution in [2.75, 3.05) is 4.90 Å². The first-order chi connectivity index (χ1) is 14.5. The van der Waals surface area contributed by atoms with Crippen molar-refractivity contribution in [3.05, 3.63) is 64.2 Å². The first-order valence-corrected chi connectivity index (χ1v) is 11.1. The molecule has 2 aromatic rings. The van der Waals surface area contributed by atoms with E-state index >= 15 is 0 Å². The molecule has 2 aliphatic rings. The average molecular weight is 421 g/mol. The summed E-state index contributed by atoms with van der Waals surface area (Å²) in [5.74, 6) is -0.314. The number of hydrogen-bond acceptors (Lipinski definition) is 3. The summed E-state index contributed by atoms with van der Waals surface area (Å²) in [5.41, 5.74) is 4.07. The topological polar surface area (TPSA) is 60.9 Å². The molecule has 1 unspecified atom stereocenters. The summed E-state index contributed by atoms with van der Waals surface area (Å²) in [6.07, 6.45) is 0.794. The standard InChI is InChI=1S/C26H32N2O3/c1-7-25(3,4)17-9-11-18(12-10-17)28-23(30)20-13-16-15-27(26(5,6)8-2)22(29)19(16)14-21(20)24(28)31/h9-14,23,30H,7-8,15H2,1-6H3. The Morgan fingerprint density at radius 2 is 1.58 bits per heavy atom. The number of amides is 2. The highest BCUT2D eigenvalue weighted by Gasteiger charge is 2.42. The van der Waals surface area contributed by atoms with E-state index in [9.17, 15) is 14.7 Å². The minimum atomic E-state index is -1.05. The summed E-state index contributed by atoms with van der Waals surface area (Å²) in [6, 6.07) is 11.4. The quantitative estimate of drug-likeness (QED) is 0.726. The van der Waals surface area contributed by atoms with Gasteiger partial charge in [-0.1, -0.05) is 39.8 Å². The van der Waals surface area contributed by atoms with Crippen LogP contribution in [0.4, 0.5) is 5.69 Å². The van der Waals surface area contributed by atoms with Crippen LogP contribution in [0.5, 0.6) is 0 Å². The van der Waals surface area contributed by atoms with Crippen LogP contribution in [0.1, 0.15) is 98.0 Å². The number of fused-ring (bicyclic) bond motifs is 2. The minimum absolute atomic E-state index is 0.0449. The van der Waals surface area contributed by atoms with Crippen molar-refractivity contribution in [1.29, 1.82) is 0 Å². The maximum absolute atomic E-state index is 13.2. The Balaban J connectivity index is 1.67. The van der Waals surface area contributed by atoms with Crippen molar-refractivity contribution in [2.45, 2.75) is 78.1 Å². The number of hydrogen-bond donors (Lipinski definition) is 1. The number of aliphatic hydroxyl groups excluding tert-OH is 1. The normalized spacial score (nSPS) is 18.6. The summed E-state index contributed by atoms with van der Waals surface area (Å²) in [7, 11) is 0. The summed E-state index contributed by atoms with van der Waals surface area (Å²) < 4.78 is 0. The first-order valence-electron chi connectivity index (χ1n) is 11.1. The molecule has 0 fully saturated rings. The lowest BCUT2D eigenvalue weighted by molar-refractivity contribution is 0.0566. The maximum Gasteiger partial charge on any atom is 0.261 e. The molecule has 2 heterocycles. The van der Waals surface area contributed by atoms with E-state index in [-0.39, 0.29) is 22.8 Å². The lowest BCUT2D eigenvalue weighted by Crippen LogP contribution is -2.43. The largest absolute Gasteiger partial charge is 0.369 e. The van der Waals surface area contributed by atoms with Crippen LogP contribution in [0, 0.1) is 0 Å². The van der Waals surface area contributed by atoms with E-state index in [4.69, 9.17) is 0 Å². The molecule has 0 aromatic heterocycles. The number of carbonyl (C=O) groups is 2. The van der Waals surface area contributed by atoms with Gasteiger partial charge in [-0.3, -0.25) is 14.5 Å². The van der Waals surface area contributed by atoms with Crippen molar-refractivity contribution >= 4 is 17.5 Å². The SMILES string of the molecule is CCC(C)(C)c1ccc(N2C(=O)c3cc4c(cc3C2O)CN(C(C)(C)CC)C4=O)cc1. The van der Waals surface area contributed by atoms with E-state index in [2.05, 4.69) is 41.5 Å². The Kier molecular flexibility index (Phi) is 5.01. The van der Waals surface area contributed by atoms with Gasteiger partial charge in [-0.25, -0.2) is 0 Å². The molecule has 5 nitrogen and oxygen atoms in total. The molecule has 0 aliphatic carbocycles. The predicted molar refractivity (Wildman–Crippen MR) is 122 cm³/mol. The third kappa shape index (κ3) is 3.26. The maximum atomic E-state index is 13.2. The summed E-state index contributed by atoms with van der Waals surface area (Å²) in [4.78, 5) is 29.5. The molecular weight excluding hydrogens is 388 g/mol. The van der Waals surface area contributed by atoms with Crippen molar-refractivity contribution < 1.29 is 14.7 Å². The lowest BCUT2D eigenvalue weighted by Gasteiger charge is -2.34. The zero-order chi connectivity index (χ0) is 22.7. The predicted octanol–water partition coefficient (Wildman–Crippen LogP) is 5.17. The van der Waals surface area contributed by atoms with Gasteiger partial charge >= 0.3 is 0 Å². The summed E-state index contributed by atoms with van der Waals surface area (Å²) in [5, 5.41) is 11.0. The van der Waals surface area contributed by atoms with Crippen LogP contribution in [0.2, 0.25) is 0 Å². The number of nitrogens with zero attached hydrogens (tertiary/aromatic N) is 2. The number of anilines is 1. The second kappa shape index (κ2) is 7.20. The molecule has 5 heteroatoms. The minimum Gasteiger partial charge on any atom is -0.369 e. The monoisotopic (exact) mass is 420 g/mol. The van der Waals surface area contributed by atoms with Gasteiger partial charge in [-0.05, 0) is 67.5 Å². The smallest absolute Gasteiger partial charge is 0.261 e. The Hall–Kier alpha value is -2.66. The van der Waals surface area contributed by atoms with Crippen LogP contribution in [-0.4, -0.2) is 27.4 Å². The third-order valence-electron chi connectivity index (χ3n) is 7.46. The zero-order valence-corrected chi connectivity index (χ0v) is 19.3. The fourth-order valence-corrected chi connectivity index (χ4v) is 4.38. The van der Waals surface area contributed by atoms with Gasteiger partial charge < -0.3 is 10.0 Å². The third-order valence-corrected chi connectivity index (χ3v) is 7.46. The molecule has 164 valence electrons. The molecule has 0 saturated heterocycles. The lowest BCUT2D eigenvalue weighted by atomic mass is 9.82. The molecule has 0 saturated carbocycles. The van der Waals surface area contributed by atoms with E-state index < -0.39 is 6.23 Å². The van der Waals surface area contributed by atoms with Crippen LogP contribution in [0.3, 0.4) is 0 Å². The van der Waals surface area contributed by atoms with Gasteiger partial charge in [0.05, 0.1) is 0 Å². The highest BCUT2D eigenvalue weighted by molar-refractivity contribution is 6.12. The Morgan fingerprint density at radius 3 is 2.16 bits per heavy atom. The van der Waals surface area contributed by atoms with Gasteiger partial charge in [0.15, 0.2) is 6.23 Å². The second-order valence-corrected chi connectivity index (χ2v) is 9.99. The van der Waals surface area contributed by atoms with E-state index in [1.165, 1.54) is 10.5 Å². The number of rotatable bonds is 5. The summed E-state index contributed by atoms with van der Waals surface area (Å²) in [6.45, 7) is 13.2. The van der Waals surface area contributed by atoms with Crippen LogP contribution in [0.15, 0.2) is 36.4 Å². The molecule has 1 atom stereocenters. The van der Waals surface area contributed by atoms with Gasteiger partial charge in [0, 0.05) is 34.5 Å². The fourth-order valence-electron chi connectivity index (χ4n) is 4.38. The van der Waals surface area contributed by atoms with Crippen molar-refractivity contribution in [2.24, 2.45) is 0 Å². The molecule has 2 aliphatic heterocycles. The first kappa shape index (κ1) is 21.6. The highest BCUT2D eigenvalue weighted by Crippen LogP contribution is 2.41.